The minimum absolute atomic E-state index is 0.166. The Morgan fingerprint density at radius 3 is 2.72 bits per heavy atom. The van der Waals surface area contributed by atoms with Crippen LogP contribution in [0.25, 0.3) is 0 Å². The van der Waals surface area contributed by atoms with Crippen LogP contribution in [-0.4, -0.2) is 12.1 Å². The van der Waals surface area contributed by atoms with Gasteiger partial charge in [0.15, 0.2) is 0 Å². The van der Waals surface area contributed by atoms with Crippen LogP contribution in [0.2, 0.25) is 5.02 Å². The van der Waals surface area contributed by atoms with Crippen LogP contribution in [-0.2, 0) is 0 Å². The van der Waals surface area contributed by atoms with Crippen molar-refractivity contribution in [1.82, 2.24) is 4.98 Å². The minimum atomic E-state index is 0.166. The average molecular weight is 263 g/mol. The molecular formula is C14H15ClN2O. The Morgan fingerprint density at radius 2 is 2.11 bits per heavy atom. The molecule has 0 saturated heterocycles. The monoisotopic (exact) mass is 262 g/mol. The average Bonchev–Trinajstić information content (AvgIpc) is 2.39. The molecule has 3 nitrogen and oxygen atoms in total. The maximum absolute atomic E-state index is 5.97. The van der Waals surface area contributed by atoms with E-state index in [1.54, 1.807) is 13.3 Å². The molecule has 0 fully saturated rings. The number of hydrogen-bond donors (Lipinski definition) is 1. The Bertz CT molecular complexity index is 513. The van der Waals surface area contributed by atoms with Gasteiger partial charge in [-0.1, -0.05) is 23.7 Å². The third kappa shape index (κ3) is 3.14. The molecule has 1 aromatic heterocycles. The summed E-state index contributed by atoms with van der Waals surface area (Å²) in [6.07, 6.45) is 1.75. The van der Waals surface area contributed by atoms with Gasteiger partial charge in [0.05, 0.1) is 19.0 Å². The number of halogens is 1. The quantitative estimate of drug-likeness (QED) is 0.907. The summed E-state index contributed by atoms with van der Waals surface area (Å²) in [7, 11) is 1.60. The highest BCUT2D eigenvalue weighted by molar-refractivity contribution is 6.30. The van der Waals surface area contributed by atoms with E-state index in [2.05, 4.69) is 17.2 Å². The van der Waals surface area contributed by atoms with E-state index in [0.717, 1.165) is 16.3 Å². The molecule has 1 atom stereocenters. The Morgan fingerprint density at radius 1 is 1.28 bits per heavy atom. The number of nitrogens with one attached hydrogen (secondary N) is 1. The molecule has 0 spiro atoms. The first kappa shape index (κ1) is 12.7. The molecule has 0 aliphatic rings. The van der Waals surface area contributed by atoms with Crippen molar-refractivity contribution in [2.75, 3.05) is 12.4 Å². The number of pyridine rings is 1. The van der Waals surface area contributed by atoms with Gasteiger partial charge in [0, 0.05) is 17.1 Å². The van der Waals surface area contributed by atoms with Crippen LogP contribution in [0.5, 0.6) is 5.88 Å². The zero-order valence-corrected chi connectivity index (χ0v) is 11.1. The summed E-state index contributed by atoms with van der Waals surface area (Å²) in [4.78, 5) is 4.15. The van der Waals surface area contributed by atoms with Gasteiger partial charge in [0.25, 0.3) is 0 Å². The summed E-state index contributed by atoms with van der Waals surface area (Å²) >= 11 is 5.97. The van der Waals surface area contributed by atoms with E-state index in [0.29, 0.717) is 5.88 Å². The highest BCUT2D eigenvalue weighted by Crippen LogP contribution is 2.22. The molecule has 0 amide bonds. The van der Waals surface area contributed by atoms with E-state index in [1.807, 2.05) is 36.4 Å². The van der Waals surface area contributed by atoms with Crippen LogP contribution in [0, 0.1) is 0 Å². The molecule has 0 saturated carbocycles. The van der Waals surface area contributed by atoms with Crippen molar-refractivity contribution >= 4 is 17.3 Å². The molecule has 0 bridgehead atoms. The molecule has 94 valence electrons. The number of rotatable bonds is 4. The summed E-state index contributed by atoms with van der Waals surface area (Å²) < 4.78 is 5.02. The predicted octanol–water partition coefficient (Wildman–Crippen LogP) is 3.92. The van der Waals surface area contributed by atoms with Crippen LogP contribution in [0.3, 0.4) is 0 Å². The molecule has 18 heavy (non-hydrogen) atoms. The Kier molecular flexibility index (Phi) is 4.05. The lowest BCUT2D eigenvalue weighted by molar-refractivity contribution is 0.398. The van der Waals surface area contributed by atoms with Crippen LogP contribution in [0.4, 0.5) is 5.69 Å². The molecule has 0 aliphatic carbocycles. The first-order valence-corrected chi connectivity index (χ1v) is 6.09. The lowest BCUT2D eigenvalue weighted by atomic mass is 10.1. The van der Waals surface area contributed by atoms with Gasteiger partial charge in [-0.25, -0.2) is 4.98 Å². The fourth-order valence-electron chi connectivity index (χ4n) is 1.70. The molecule has 4 heteroatoms. The van der Waals surface area contributed by atoms with Gasteiger partial charge < -0.3 is 10.1 Å². The van der Waals surface area contributed by atoms with Crippen molar-refractivity contribution in [3.8, 4) is 5.88 Å². The SMILES string of the molecule is COc1ccc(NC(C)c2cccc(Cl)c2)cn1. The van der Waals surface area contributed by atoms with Crippen LogP contribution >= 0.6 is 11.6 Å². The van der Waals surface area contributed by atoms with Crippen molar-refractivity contribution in [3.05, 3.63) is 53.2 Å². The third-order valence-electron chi connectivity index (χ3n) is 2.68. The maximum Gasteiger partial charge on any atom is 0.213 e. The second-order valence-electron chi connectivity index (χ2n) is 4.01. The van der Waals surface area contributed by atoms with Gasteiger partial charge in [0.2, 0.25) is 5.88 Å². The summed E-state index contributed by atoms with van der Waals surface area (Å²) in [6.45, 7) is 2.08. The normalized spacial score (nSPS) is 11.9. The molecule has 2 aromatic rings. The maximum atomic E-state index is 5.97. The molecule has 1 unspecified atom stereocenters. The highest BCUT2D eigenvalue weighted by Gasteiger charge is 2.06. The number of hydrogen-bond acceptors (Lipinski definition) is 3. The fourth-order valence-corrected chi connectivity index (χ4v) is 1.89. The zero-order valence-electron chi connectivity index (χ0n) is 10.4. The van der Waals surface area contributed by atoms with E-state index >= 15 is 0 Å². The van der Waals surface area contributed by atoms with Crippen molar-refractivity contribution in [1.29, 1.82) is 0 Å². The van der Waals surface area contributed by atoms with E-state index in [4.69, 9.17) is 16.3 Å². The summed E-state index contributed by atoms with van der Waals surface area (Å²) in [5, 5.41) is 4.10. The van der Waals surface area contributed by atoms with E-state index < -0.39 is 0 Å². The number of methoxy groups -OCH3 is 1. The Hall–Kier alpha value is -1.74. The molecule has 0 radical (unpaired) electrons. The van der Waals surface area contributed by atoms with Crippen LogP contribution in [0.15, 0.2) is 42.6 Å². The molecule has 1 N–H and O–H groups in total. The lowest BCUT2D eigenvalue weighted by Gasteiger charge is -2.15. The van der Waals surface area contributed by atoms with Gasteiger partial charge in [-0.05, 0) is 30.7 Å². The molecule has 2 rings (SSSR count). The van der Waals surface area contributed by atoms with Gasteiger partial charge >= 0.3 is 0 Å². The van der Waals surface area contributed by atoms with Gasteiger partial charge in [-0.2, -0.15) is 0 Å². The van der Waals surface area contributed by atoms with E-state index in [9.17, 15) is 0 Å². The van der Waals surface area contributed by atoms with Gasteiger partial charge in [-0.15, -0.1) is 0 Å². The van der Waals surface area contributed by atoms with Crippen molar-refractivity contribution < 1.29 is 4.74 Å². The molecular weight excluding hydrogens is 248 g/mol. The van der Waals surface area contributed by atoms with Gasteiger partial charge in [-0.3, -0.25) is 0 Å². The zero-order chi connectivity index (χ0) is 13.0. The number of aromatic nitrogens is 1. The summed E-state index contributed by atoms with van der Waals surface area (Å²) in [5.74, 6) is 0.607. The number of ether oxygens (including phenoxy) is 1. The number of nitrogens with zero attached hydrogens (tertiary/aromatic N) is 1. The largest absolute Gasteiger partial charge is 0.481 e. The smallest absolute Gasteiger partial charge is 0.213 e. The molecule has 1 heterocycles. The second-order valence-corrected chi connectivity index (χ2v) is 4.45. The van der Waals surface area contributed by atoms with Crippen LogP contribution in [0.1, 0.15) is 18.5 Å². The Labute approximate surface area is 112 Å². The van der Waals surface area contributed by atoms with Crippen molar-refractivity contribution in [3.63, 3.8) is 0 Å². The summed E-state index contributed by atoms with van der Waals surface area (Å²) in [5.41, 5.74) is 2.08. The highest BCUT2D eigenvalue weighted by atomic mass is 35.5. The van der Waals surface area contributed by atoms with Crippen molar-refractivity contribution in [2.24, 2.45) is 0 Å². The minimum Gasteiger partial charge on any atom is -0.481 e. The summed E-state index contributed by atoms with van der Waals surface area (Å²) in [6, 6.07) is 11.7. The number of benzene rings is 1. The second kappa shape index (κ2) is 5.74. The lowest BCUT2D eigenvalue weighted by Crippen LogP contribution is -2.06. The Balaban J connectivity index is 2.08. The van der Waals surface area contributed by atoms with E-state index in [1.165, 1.54) is 0 Å². The van der Waals surface area contributed by atoms with Crippen molar-refractivity contribution in [2.45, 2.75) is 13.0 Å². The predicted molar refractivity (Wildman–Crippen MR) is 74.3 cm³/mol. The molecule has 0 aliphatic heterocycles. The first-order valence-electron chi connectivity index (χ1n) is 5.71. The standard InChI is InChI=1S/C14H15ClN2O/c1-10(11-4-3-5-12(15)8-11)17-13-6-7-14(18-2)16-9-13/h3-10,17H,1-2H3. The third-order valence-corrected chi connectivity index (χ3v) is 2.91. The number of anilines is 1. The molecule has 1 aromatic carbocycles. The first-order chi connectivity index (χ1) is 8.69. The van der Waals surface area contributed by atoms with Gasteiger partial charge in [0.1, 0.15) is 0 Å². The van der Waals surface area contributed by atoms with Crippen LogP contribution < -0.4 is 10.1 Å². The van der Waals surface area contributed by atoms with E-state index in [-0.39, 0.29) is 6.04 Å². The fraction of sp³-hybridized carbons (Fsp3) is 0.214. The topological polar surface area (TPSA) is 34.1 Å².